The predicted molar refractivity (Wildman–Crippen MR) is 47.2 cm³/mol. The van der Waals surface area contributed by atoms with Crippen LogP contribution in [0.4, 0.5) is 13.2 Å². The van der Waals surface area contributed by atoms with Gasteiger partial charge in [0.15, 0.2) is 0 Å². The maximum absolute atomic E-state index is 12.4. The normalized spacial score (nSPS) is 13.6. The quantitative estimate of drug-likeness (QED) is 0.823. The summed E-state index contributed by atoms with van der Waals surface area (Å²) in [6.07, 6.45) is -3.23. The van der Waals surface area contributed by atoms with Crippen molar-refractivity contribution in [2.24, 2.45) is 5.73 Å². The number of halogens is 3. The van der Waals surface area contributed by atoms with Crippen LogP contribution in [0.3, 0.4) is 0 Å². The molecule has 0 aromatic carbocycles. The Morgan fingerprint density at radius 1 is 1.53 bits per heavy atom. The highest BCUT2D eigenvalue weighted by atomic mass is 19.4. The van der Waals surface area contributed by atoms with Crippen LogP contribution in [0.15, 0.2) is 18.3 Å². The molecule has 1 aromatic heterocycles. The minimum Gasteiger partial charge on any atom is -0.366 e. The fourth-order valence-corrected chi connectivity index (χ4v) is 1.13. The van der Waals surface area contributed by atoms with Crippen LogP contribution in [0, 0.1) is 0 Å². The van der Waals surface area contributed by atoms with E-state index in [2.05, 4.69) is 4.98 Å². The molecule has 0 spiro atoms. The van der Waals surface area contributed by atoms with Crippen LogP contribution in [-0.4, -0.2) is 17.1 Å². The zero-order chi connectivity index (χ0) is 11.6. The molecule has 1 heterocycles. The van der Waals surface area contributed by atoms with Gasteiger partial charge in [0, 0.05) is 6.20 Å². The average Bonchev–Trinajstić information content (AvgIpc) is 2.15. The lowest BCUT2D eigenvalue weighted by Crippen LogP contribution is -2.23. The van der Waals surface area contributed by atoms with Crippen molar-refractivity contribution in [3.8, 4) is 0 Å². The predicted octanol–water partition coefficient (Wildman–Crippen LogP) is 1.85. The molecule has 3 nitrogen and oxygen atoms in total. The second-order valence-corrected chi connectivity index (χ2v) is 3.06. The molecule has 0 aliphatic heterocycles. The number of primary amides is 1. The average molecular weight is 218 g/mol. The van der Waals surface area contributed by atoms with Gasteiger partial charge in [-0.05, 0) is 19.1 Å². The number of carbonyl (C=O) groups excluding carboxylic acids is 1. The van der Waals surface area contributed by atoms with Crippen molar-refractivity contribution in [1.82, 2.24) is 4.98 Å². The standard InChI is InChI=1S/C9H9F3N2O/c1-5(9(10,11)12)7-6(8(13)15)3-2-4-14-7/h2-5H,1H3,(H2,13,15). The zero-order valence-corrected chi connectivity index (χ0v) is 7.88. The summed E-state index contributed by atoms with van der Waals surface area (Å²) < 4.78 is 37.2. The molecule has 0 bridgehead atoms. The van der Waals surface area contributed by atoms with E-state index in [0.29, 0.717) is 0 Å². The van der Waals surface area contributed by atoms with E-state index >= 15 is 0 Å². The third-order valence-electron chi connectivity index (χ3n) is 2.01. The van der Waals surface area contributed by atoms with Crippen LogP contribution in [-0.2, 0) is 0 Å². The maximum atomic E-state index is 12.4. The summed E-state index contributed by atoms with van der Waals surface area (Å²) in [6, 6.07) is 2.60. The van der Waals surface area contributed by atoms with Crippen LogP contribution < -0.4 is 5.73 Å². The molecule has 6 heteroatoms. The Hall–Kier alpha value is -1.59. The van der Waals surface area contributed by atoms with Gasteiger partial charge in [0.25, 0.3) is 5.91 Å². The van der Waals surface area contributed by atoms with Gasteiger partial charge in [-0.25, -0.2) is 0 Å². The molecule has 0 fully saturated rings. The molecule has 15 heavy (non-hydrogen) atoms. The van der Waals surface area contributed by atoms with Crippen LogP contribution >= 0.6 is 0 Å². The van der Waals surface area contributed by atoms with Gasteiger partial charge in [0.05, 0.1) is 17.2 Å². The van der Waals surface area contributed by atoms with Crippen molar-refractivity contribution in [2.45, 2.75) is 19.0 Å². The first-order valence-corrected chi connectivity index (χ1v) is 4.15. The summed E-state index contributed by atoms with van der Waals surface area (Å²) in [5.41, 5.74) is 4.42. The second kappa shape index (κ2) is 3.88. The summed E-state index contributed by atoms with van der Waals surface area (Å²) in [7, 11) is 0. The van der Waals surface area contributed by atoms with Gasteiger partial charge >= 0.3 is 6.18 Å². The highest BCUT2D eigenvalue weighted by Crippen LogP contribution is 2.34. The van der Waals surface area contributed by atoms with E-state index in [9.17, 15) is 18.0 Å². The number of nitrogens with two attached hydrogens (primary N) is 1. The maximum Gasteiger partial charge on any atom is 0.397 e. The van der Waals surface area contributed by atoms with E-state index in [1.807, 2.05) is 0 Å². The molecule has 0 radical (unpaired) electrons. The van der Waals surface area contributed by atoms with Crippen molar-refractivity contribution in [3.05, 3.63) is 29.6 Å². The van der Waals surface area contributed by atoms with Gasteiger partial charge in [0.1, 0.15) is 0 Å². The lowest BCUT2D eigenvalue weighted by Gasteiger charge is -2.16. The highest BCUT2D eigenvalue weighted by molar-refractivity contribution is 5.94. The molecule has 2 N–H and O–H groups in total. The minimum atomic E-state index is -4.43. The lowest BCUT2D eigenvalue weighted by molar-refractivity contribution is -0.147. The first-order valence-electron chi connectivity index (χ1n) is 4.15. The van der Waals surface area contributed by atoms with Crippen LogP contribution in [0.2, 0.25) is 0 Å². The summed E-state index contributed by atoms with van der Waals surface area (Å²) in [5.74, 6) is -2.71. The summed E-state index contributed by atoms with van der Waals surface area (Å²) in [5, 5.41) is 0. The van der Waals surface area contributed by atoms with Crippen molar-refractivity contribution in [3.63, 3.8) is 0 Å². The van der Waals surface area contributed by atoms with Crippen molar-refractivity contribution in [1.29, 1.82) is 0 Å². The molecular formula is C9H9F3N2O. The Bertz CT molecular complexity index is 376. The topological polar surface area (TPSA) is 56.0 Å². The van der Waals surface area contributed by atoms with E-state index < -0.39 is 18.0 Å². The molecule has 0 saturated carbocycles. The second-order valence-electron chi connectivity index (χ2n) is 3.06. The van der Waals surface area contributed by atoms with Gasteiger partial charge in [0.2, 0.25) is 0 Å². The summed E-state index contributed by atoms with van der Waals surface area (Å²) >= 11 is 0. The molecule has 1 rings (SSSR count). The van der Waals surface area contributed by atoms with Crippen LogP contribution in [0.25, 0.3) is 0 Å². The van der Waals surface area contributed by atoms with Crippen molar-refractivity contribution < 1.29 is 18.0 Å². The molecule has 82 valence electrons. The minimum absolute atomic E-state index is 0.192. The molecule has 1 amide bonds. The van der Waals surface area contributed by atoms with Crippen molar-refractivity contribution >= 4 is 5.91 Å². The summed E-state index contributed by atoms with van der Waals surface area (Å²) in [6.45, 7) is 0.939. The molecule has 1 atom stereocenters. The van der Waals surface area contributed by atoms with Gasteiger partial charge < -0.3 is 5.73 Å². The molecule has 0 saturated heterocycles. The fourth-order valence-electron chi connectivity index (χ4n) is 1.13. The van der Waals surface area contributed by atoms with Gasteiger partial charge in [-0.3, -0.25) is 9.78 Å². The SMILES string of the molecule is CC(c1ncccc1C(N)=O)C(F)(F)F. The number of pyridine rings is 1. The smallest absolute Gasteiger partial charge is 0.366 e. The Morgan fingerprint density at radius 2 is 2.13 bits per heavy atom. The Labute approximate surface area is 84.1 Å². The third kappa shape index (κ3) is 2.45. The first-order chi connectivity index (χ1) is 6.84. The number of alkyl halides is 3. The monoisotopic (exact) mass is 218 g/mol. The molecule has 1 unspecified atom stereocenters. The van der Waals surface area contributed by atoms with Crippen LogP contribution in [0.1, 0.15) is 28.9 Å². The molecule has 1 aromatic rings. The Morgan fingerprint density at radius 3 is 2.60 bits per heavy atom. The van der Waals surface area contributed by atoms with Gasteiger partial charge in [-0.1, -0.05) is 0 Å². The number of carbonyl (C=O) groups is 1. The van der Waals surface area contributed by atoms with Gasteiger partial charge in [-0.15, -0.1) is 0 Å². The third-order valence-corrected chi connectivity index (χ3v) is 2.01. The molecule has 0 aliphatic rings. The Balaban J connectivity index is 3.19. The molecular weight excluding hydrogens is 209 g/mol. The number of nitrogens with zero attached hydrogens (tertiary/aromatic N) is 1. The number of rotatable bonds is 2. The van der Waals surface area contributed by atoms with E-state index in [-0.39, 0.29) is 11.3 Å². The number of hydrogen-bond acceptors (Lipinski definition) is 2. The number of amides is 1. The van der Waals surface area contributed by atoms with Crippen molar-refractivity contribution in [2.75, 3.05) is 0 Å². The fraction of sp³-hybridized carbons (Fsp3) is 0.333. The van der Waals surface area contributed by atoms with Gasteiger partial charge in [-0.2, -0.15) is 13.2 Å². The first kappa shape index (κ1) is 11.5. The summed E-state index contributed by atoms with van der Waals surface area (Å²) in [4.78, 5) is 14.4. The lowest BCUT2D eigenvalue weighted by atomic mass is 10.0. The zero-order valence-electron chi connectivity index (χ0n) is 7.88. The largest absolute Gasteiger partial charge is 0.397 e. The van der Waals surface area contributed by atoms with E-state index in [1.165, 1.54) is 18.3 Å². The van der Waals surface area contributed by atoms with E-state index in [0.717, 1.165) is 6.92 Å². The van der Waals surface area contributed by atoms with Crippen LogP contribution in [0.5, 0.6) is 0 Å². The highest BCUT2D eigenvalue weighted by Gasteiger charge is 2.39. The van der Waals surface area contributed by atoms with E-state index in [4.69, 9.17) is 5.73 Å². The molecule has 0 aliphatic carbocycles. The number of aromatic nitrogens is 1. The van der Waals surface area contributed by atoms with E-state index in [1.54, 1.807) is 0 Å². The Kier molecular flexibility index (Phi) is 2.97. The number of hydrogen-bond donors (Lipinski definition) is 1.